The van der Waals surface area contributed by atoms with Crippen LogP contribution < -0.4 is 10.6 Å². The zero-order chi connectivity index (χ0) is 25.1. The van der Waals surface area contributed by atoms with Crippen molar-refractivity contribution in [3.63, 3.8) is 0 Å². The summed E-state index contributed by atoms with van der Waals surface area (Å²) in [5, 5.41) is 4.61. The topological polar surface area (TPSA) is 89.0 Å². The molecule has 1 aromatic carbocycles. The molecule has 2 aliphatic heterocycles. The summed E-state index contributed by atoms with van der Waals surface area (Å²) >= 11 is 0. The highest BCUT2D eigenvalue weighted by Crippen LogP contribution is 2.50. The number of carbonyl (C=O) groups is 1. The molecule has 0 radical (unpaired) electrons. The number of fused-ring (bicyclic) bond motifs is 2. The Hall–Kier alpha value is -3.18. The first-order chi connectivity index (χ1) is 17.2. The van der Waals surface area contributed by atoms with Gasteiger partial charge < -0.3 is 20.3 Å². The van der Waals surface area contributed by atoms with E-state index in [1.807, 2.05) is 12.1 Å². The van der Waals surface area contributed by atoms with Crippen LogP contribution in [0.3, 0.4) is 0 Å². The van der Waals surface area contributed by atoms with E-state index in [-0.39, 0.29) is 23.4 Å². The van der Waals surface area contributed by atoms with Crippen molar-refractivity contribution in [2.45, 2.75) is 30.5 Å². The van der Waals surface area contributed by atoms with E-state index in [1.54, 1.807) is 27.7 Å². The number of amides is 1. The minimum Gasteiger partial charge on any atom is -0.378 e. The van der Waals surface area contributed by atoms with Crippen LogP contribution in [0.4, 0.5) is 19.0 Å². The second-order valence-electron chi connectivity index (χ2n) is 10.1. The van der Waals surface area contributed by atoms with Crippen LogP contribution in [0.5, 0.6) is 0 Å². The first-order valence-corrected chi connectivity index (χ1v) is 12.1. The quantitative estimate of drug-likeness (QED) is 0.595. The number of imidazole rings is 1. The number of anilines is 1. The van der Waals surface area contributed by atoms with Gasteiger partial charge >= 0.3 is 6.18 Å². The predicted octanol–water partition coefficient (Wildman–Crippen LogP) is 2.93. The molecule has 0 spiro atoms. The molecule has 2 N–H and O–H groups in total. The van der Waals surface area contributed by atoms with Gasteiger partial charge in [-0.2, -0.15) is 13.2 Å². The number of nitrogens with zero attached hydrogens (tertiary/aromatic N) is 5. The van der Waals surface area contributed by atoms with Gasteiger partial charge in [-0.15, -0.1) is 5.10 Å². The highest BCUT2D eigenvalue weighted by Gasteiger charge is 2.53. The summed E-state index contributed by atoms with van der Waals surface area (Å²) in [5.41, 5.74) is 6.53. The van der Waals surface area contributed by atoms with Gasteiger partial charge in [-0.25, -0.2) is 9.50 Å². The maximum atomic E-state index is 13.6. The fourth-order valence-electron chi connectivity index (χ4n) is 6.02. The lowest BCUT2D eigenvalue weighted by atomic mass is 9.89. The highest BCUT2D eigenvalue weighted by atomic mass is 19.4. The average molecular weight is 501 g/mol. The number of rotatable bonds is 3. The molecular formula is C25H27F3N6O2. The number of benzene rings is 1. The first kappa shape index (κ1) is 23.2. The van der Waals surface area contributed by atoms with Crippen LogP contribution in [0.15, 0.2) is 42.6 Å². The van der Waals surface area contributed by atoms with E-state index in [2.05, 4.69) is 15.0 Å². The fraction of sp³-hybridized carbons (Fsp3) is 0.480. The van der Waals surface area contributed by atoms with Crippen molar-refractivity contribution in [3.8, 4) is 0 Å². The monoisotopic (exact) mass is 500 g/mol. The van der Waals surface area contributed by atoms with Gasteiger partial charge in [0.25, 0.3) is 5.91 Å². The zero-order valence-corrected chi connectivity index (χ0v) is 19.6. The first-order valence-electron chi connectivity index (χ1n) is 12.1. The zero-order valence-electron chi connectivity index (χ0n) is 19.6. The number of aromatic nitrogens is 3. The smallest absolute Gasteiger partial charge is 0.378 e. The Morgan fingerprint density at radius 2 is 1.92 bits per heavy atom. The second-order valence-corrected chi connectivity index (χ2v) is 10.1. The van der Waals surface area contributed by atoms with Crippen LogP contribution in [0, 0.1) is 5.92 Å². The van der Waals surface area contributed by atoms with E-state index < -0.39 is 17.3 Å². The molecule has 0 bridgehead atoms. The molecule has 36 heavy (non-hydrogen) atoms. The number of alkyl halides is 3. The van der Waals surface area contributed by atoms with E-state index in [0.29, 0.717) is 50.4 Å². The van der Waals surface area contributed by atoms with Crippen LogP contribution in [-0.2, 0) is 10.9 Å². The lowest BCUT2D eigenvalue weighted by Gasteiger charge is -2.27. The van der Waals surface area contributed by atoms with Crippen molar-refractivity contribution in [1.29, 1.82) is 0 Å². The lowest BCUT2D eigenvalue weighted by Crippen LogP contribution is -2.45. The van der Waals surface area contributed by atoms with E-state index in [4.69, 9.17) is 10.5 Å². The van der Waals surface area contributed by atoms with Crippen LogP contribution in [0.25, 0.3) is 5.65 Å². The molecule has 4 heterocycles. The van der Waals surface area contributed by atoms with Gasteiger partial charge in [0, 0.05) is 31.7 Å². The average Bonchev–Trinajstić information content (AvgIpc) is 3.52. The van der Waals surface area contributed by atoms with Crippen LogP contribution in [0.1, 0.15) is 40.4 Å². The van der Waals surface area contributed by atoms with Gasteiger partial charge in [-0.3, -0.25) is 4.79 Å². The van der Waals surface area contributed by atoms with Crippen molar-refractivity contribution in [3.05, 3.63) is 59.4 Å². The number of hydrogen-bond acceptors (Lipinski definition) is 6. The third-order valence-electron chi connectivity index (χ3n) is 7.79. The standard InChI is InChI=1S/C25H27F3N6O2/c26-25(27,28)19-4-2-1-3-18(19)16-11-17-13-33(15-24(17,29)12-16)23(35)20-14-34-21(30-20)5-6-22(31-34)32-7-9-36-10-8-32/h1-6,14,16-17H,7-13,15,29H2/t16?,17-,24-/m0/s1. The largest absolute Gasteiger partial charge is 0.416 e. The number of halogens is 3. The molecule has 2 saturated heterocycles. The fourth-order valence-corrected chi connectivity index (χ4v) is 6.02. The molecule has 190 valence electrons. The molecule has 1 aliphatic carbocycles. The van der Waals surface area contributed by atoms with Gasteiger partial charge in [0.15, 0.2) is 5.65 Å². The lowest BCUT2D eigenvalue weighted by molar-refractivity contribution is -0.138. The molecule has 1 saturated carbocycles. The Kier molecular flexibility index (Phi) is 5.45. The number of ether oxygens (including phenoxy) is 1. The molecule has 1 amide bonds. The van der Waals surface area contributed by atoms with Crippen molar-refractivity contribution in [2.75, 3.05) is 44.3 Å². The van der Waals surface area contributed by atoms with Crippen molar-refractivity contribution in [2.24, 2.45) is 11.7 Å². The molecule has 3 fully saturated rings. The SMILES string of the molecule is N[C@]12CC(c3ccccc3C(F)(F)F)C[C@H]1CN(C(=O)c1cn3nc(N4CCOCC4)ccc3n1)C2. The molecule has 6 rings (SSSR count). The van der Waals surface area contributed by atoms with Gasteiger partial charge in [0.05, 0.1) is 25.0 Å². The normalized spacial score (nSPS) is 26.6. The minimum absolute atomic E-state index is 0.0733. The van der Waals surface area contributed by atoms with Gasteiger partial charge in [0.1, 0.15) is 11.5 Å². The van der Waals surface area contributed by atoms with Gasteiger partial charge in [-0.05, 0) is 48.4 Å². The van der Waals surface area contributed by atoms with Crippen LogP contribution in [0.2, 0.25) is 0 Å². The number of nitrogens with two attached hydrogens (primary N) is 1. The summed E-state index contributed by atoms with van der Waals surface area (Å²) in [5.74, 6) is 0.202. The molecular weight excluding hydrogens is 473 g/mol. The Bertz CT molecular complexity index is 1300. The summed E-state index contributed by atoms with van der Waals surface area (Å²) in [4.78, 5) is 21.6. The Labute approximate surface area is 205 Å². The number of likely N-dealkylation sites (tertiary alicyclic amines) is 1. The Morgan fingerprint density at radius 3 is 2.67 bits per heavy atom. The second kappa shape index (κ2) is 8.45. The maximum absolute atomic E-state index is 13.6. The molecule has 8 nitrogen and oxygen atoms in total. The molecule has 3 aliphatic rings. The third kappa shape index (κ3) is 4.00. The van der Waals surface area contributed by atoms with Gasteiger partial charge in [0.2, 0.25) is 0 Å². The van der Waals surface area contributed by atoms with E-state index in [9.17, 15) is 18.0 Å². The summed E-state index contributed by atoms with van der Waals surface area (Å²) in [6.07, 6.45) is -1.86. The Balaban J connectivity index is 1.18. The molecule has 11 heteroatoms. The van der Waals surface area contributed by atoms with Crippen LogP contribution in [-0.4, -0.2) is 70.3 Å². The van der Waals surface area contributed by atoms with Crippen molar-refractivity contribution < 1.29 is 22.7 Å². The van der Waals surface area contributed by atoms with Crippen molar-refractivity contribution >= 4 is 17.4 Å². The number of carbonyl (C=O) groups excluding carboxylic acids is 1. The Morgan fingerprint density at radius 1 is 1.14 bits per heavy atom. The molecule has 2 aromatic heterocycles. The summed E-state index contributed by atoms with van der Waals surface area (Å²) in [6, 6.07) is 9.45. The number of morpholine rings is 1. The minimum atomic E-state index is -4.41. The summed E-state index contributed by atoms with van der Waals surface area (Å²) in [7, 11) is 0. The maximum Gasteiger partial charge on any atom is 0.416 e. The van der Waals surface area contributed by atoms with E-state index in [0.717, 1.165) is 25.0 Å². The van der Waals surface area contributed by atoms with Crippen LogP contribution >= 0.6 is 0 Å². The third-order valence-corrected chi connectivity index (χ3v) is 7.79. The highest BCUT2D eigenvalue weighted by molar-refractivity contribution is 5.93. The van der Waals surface area contributed by atoms with Gasteiger partial charge in [-0.1, -0.05) is 18.2 Å². The van der Waals surface area contributed by atoms with Crippen molar-refractivity contribution in [1.82, 2.24) is 19.5 Å². The summed E-state index contributed by atoms with van der Waals surface area (Å²) < 4.78 is 47.7. The predicted molar refractivity (Wildman–Crippen MR) is 126 cm³/mol. The van der Waals surface area contributed by atoms with E-state index in [1.165, 1.54) is 6.07 Å². The molecule has 1 unspecified atom stereocenters. The van der Waals surface area contributed by atoms with E-state index >= 15 is 0 Å². The number of hydrogen-bond donors (Lipinski definition) is 1. The molecule has 3 aromatic rings. The molecule has 3 atom stereocenters. The summed E-state index contributed by atoms with van der Waals surface area (Å²) in [6.45, 7) is 3.49.